The topological polar surface area (TPSA) is 66.4 Å². The summed E-state index contributed by atoms with van der Waals surface area (Å²) in [4.78, 5) is 0. The molecule has 1 aromatic rings. The quantitative estimate of drug-likeness (QED) is 0.847. The summed E-state index contributed by atoms with van der Waals surface area (Å²) >= 11 is 5.98. The van der Waals surface area contributed by atoms with Crippen molar-refractivity contribution in [3.8, 4) is 0 Å². The fourth-order valence-corrected chi connectivity index (χ4v) is 3.89. The lowest BCUT2D eigenvalue weighted by atomic mass is 10.2. The van der Waals surface area contributed by atoms with Crippen LogP contribution in [-0.4, -0.2) is 37.2 Å². The minimum absolute atomic E-state index is 0.0153. The fourth-order valence-electron chi connectivity index (χ4n) is 1.91. The van der Waals surface area contributed by atoms with Crippen LogP contribution >= 0.6 is 11.6 Å². The number of hydrogen-bond donors (Lipinski definition) is 2. The predicted molar refractivity (Wildman–Crippen MR) is 66.7 cm³/mol. The first-order chi connectivity index (χ1) is 7.98. The number of halogens is 1. The van der Waals surface area contributed by atoms with Crippen LogP contribution in [0.1, 0.15) is 5.56 Å². The molecule has 1 aliphatic rings. The Kier molecular flexibility index (Phi) is 3.73. The molecule has 0 aliphatic carbocycles. The van der Waals surface area contributed by atoms with Crippen molar-refractivity contribution >= 4 is 21.4 Å². The predicted octanol–water partition coefficient (Wildman–Crippen LogP) is 0.587. The lowest BCUT2D eigenvalue weighted by molar-refractivity contribution is 0.165. The molecule has 1 fully saturated rings. The average Bonchev–Trinajstić information content (AvgIpc) is 2.51. The minimum Gasteiger partial charge on any atom is -0.390 e. The van der Waals surface area contributed by atoms with Crippen LogP contribution in [0, 0.1) is 0 Å². The molecule has 1 heterocycles. The molecule has 17 heavy (non-hydrogen) atoms. The van der Waals surface area contributed by atoms with Crippen molar-refractivity contribution in [3.63, 3.8) is 0 Å². The van der Waals surface area contributed by atoms with Gasteiger partial charge in [0.25, 0.3) is 0 Å². The van der Waals surface area contributed by atoms with Gasteiger partial charge < -0.3 is 10.4 Å². The lowest BCUT2D eigenvalue weighted by Gasteiger charge is -2.15. The molecule has 1 aliphatic heterocycles. The minimum atomic E-state index is -3.10. The molecule has 1 saturated heterocycles. The molecular formula is C11H14ClNO3S. The van der Waals surface area contributed by atoms with E-state index in [-0.39, 0.29) is 11.5 Å². The molecule has 0 saturated carbocycles. The smallest absolute Gasteiger partial charge is 0.154 e. The van der Waals surface area contributed by atoms with Crippen LogP contribution in [0.2, 0.25) is 5.02 Å². The molecule has 0 aromatic heterocycles. The van der Waals surface area contributed by atoms with Gasteiger partial charge in [-0.3, -0.25) is 0 Å². The zero-order valence-electron chi connectivity index (χ0n) is 9.14. The van der Waals surface area contributed by atoms with Gasteiger partial charge in [-0.05, 0) is 11.6 Å². The van der Waals surface area contributed by atoms with Crippen molar-refractivity contribution < 1.29 is 13.5 Å². The van der Waals surface area contributed by atoms with Gasteiger partial charge in [0.1, 0.15) is 0 Å². The Hall–Kier alpha value is -0.620. The average molecular weight is 276 g/mol. The Bertz CT molecular complexity index is 503. The second-order valence-electron chi connectivity index (χ2n) is 4.22. The van der Waals surface area contributed by atoms with Crippen LogP contribution < -0.4 is 5.32 Å². The molecule has 0 amide bonds. The van der Waals surface area contributed by atoms with Gasteiger partial charge in [-0.2, -0.15) is 0 Å². The highest BCUT2D eigenvalue weighted by atomic mass is 35.5. The number of nitrogens with one attached hydrogen (secondary N) is 1. The number of aliphatic hydroxyl groups excluding tert-OH is 1. The highest BCUT2D eigenvalue weighted by Crippen LogP contribution is 2.17. The molecule has 2 N–H and O–H groups in total. The Labute approximate surface area is 106 Å². The highest BCUT2D eigenvalue weighted by Gasteiger charge is 2.35. The van der Waals surface area contributed by atoms with Gasteiger partial charge in [0.2, 0.25) is 0 Å². The summed E-state index contributed by atoms with van der Waals surface area (Å²) in [6.07, 6.45) is -0.831. The van der Waals surface area contributed by atoms with Crippen molar-refractivity contribution in [3.05, 3.63) is 34.9 Å². The van der Waals surface area contributed by atoms with E-state index in [2.05, 4.69) is 5.32 Å². The third-order valence-corrected chi connectivity index (χ3v) is 4.92. The van der Waals surface area contributed by atoms with Gasteiger partial charge in [0.05, 0.1) is 17.6 Å². The number of sulfone groups is 1. The Balaban J connectivity index is 1.98. The van der Waals surface area contributed by atoms with E-state index in [1.165, 1.54) is 0 Å². The van der Waals surface area contributed by atoms with Crippen molar-refractivity contribution in [1.82, 2.24) is 5.32 Å². The zero-order chi connectivity index (χ0) is 12.5. The molecule has 1 aromatic carbocycles. The first kappa shape index (κ1) is 12.8. The van der Waals surface area contributed by atoms with Gasteiger partial charge >= 0.3 is 0 Å². The molecule has 94 valence electrons. The van der Waals surface area contributed by atoms with Crippen LogP contribution in [-0.2, 0) is 16.4 Å². The first-order valence-electron chi connectivity index (χ1n) is 5.33. The maximum atomic E-state index is 11.3. The second-order valence-corrected chi connectivity index (χ2v) is 6.78. The second kappa shape index (κ2) is 4.94. The third-order valence-electron chi connectivity index (χ3n) is 2.84. The summed E-state index contributed by atoms with van der Waals surface area (Å²) in [6, 6.07) is 6.94. The first-order valence-corrected chi connectivity index (χ1v) is 7.53. The molecule has 4 nitrogen and oxygen atoms in total. The summed E-state index contributed by atoms with van der Waals surface area (Å²) in [6.45, 7) is 0.455. The van der Waals surface area contributed by atoms with Crippen LogP contribution in [0.4, 0.5) is 0 Å². The van der Waals surface area contributed by atoms with Crippen LogP contribution in [0.3, 0.4) is 0 Å². The number of hydrogen-bond acceptors (Lipinski definition) is 4. The maximum absolute atomic E-state index is 11.3. The lowest BCUT2D eigenvalue weighted by Crippen LogP contribution is -2.38. The van der Waals surface area contributed by atoms with Crippen molar-refractivity contribution in [2.24, 2.45) is 0 Å². The van der Waals surface area contributed by atoms with Crippen LogP contribution in [0.15, 0.2) is 24.3 Å². The van der Waals surface area contributed by atoms with Crippen molar-refractivity contribution in [1.29, 1.82) is 0 Å². The normalized spacial score (nSPS) is 27.2. The van der Waals surface area contributed by atoms with Gasteiger partial charge in [-0.25, -0.2) is 8.42 Å². The van der Waals surface area contributed by atoms with E-state index in [0.29, 0.717) is 11.6 Å². The number of rotatable bonds is 3. The van der Waals surface area contributed by atoms with Gasteiger partial charge in [-0.15, -0.1) is 0 Å². The molecule has 0 unspecified atom stereocenters. The van der Waals surface area contributed by atoms with E-state index in [1.807, 2.05) is 18.2 Å². The maximum Gasteiger partial charge on any atom is 0.154 e. The molecule has 2 rings (SSSR count). The Morgan fingerprint density at radius 3 is 2.65 bits per heavy atom. The highest BCUT2D eigenvalue weighted by molar-refractivity contribution is 7.91. The van der Waals surface area contributed by atoms with E-state index in [1.54, 1.807) is 6.07 Å². The van der Waals surface area contributed by atoms with Crippen molar-refractivity contribution in [2.75, 3.05) is 11.5 Å². The fraction of sp³-hybridized carbons (Fsp3) is 0.455. The number of benzene rings is 1. The Morgan fingerprint density at radius 1 is 1.35 bits per heavy atom. The standard InChI is InChI=1S/C11H14ClNO3S/c12-9-4-2-1-3-8(9)5-13-10-6-17(15,16)7-11(10)14/h1-4,10-11,13-14H,5-7H2/t10-,11+/m1/s1. The number of aliphatic hydroxyl groups is 1. The molecule has 2 atom stereocenters. The van der Waals surface area contributed by atoms with E-state index < -0.39 is 22.0 Å². The van der Waals surface area contributed by atoms with Gasteiger partial charge in [0.15, 0.2) is 9.84 Å². The molecule has 6 heteroatoms. The van der Waals surface area contributed by atoms with Gasteiger partial charge in [0, 0.05) is 17.6 Å². The largest absolute Gasteiger partial charge is 0.390 e. The summed E-state index contributed by atoms with van der Waals surface area (Å²) < 4.78 is 22.6. The molecular weight excluding hydrogens is 262 g/mol. The third kappa shape index (κ3) is 3.19. The van der Waals surface area contributed by atoms with E-state index in [9.17, 15) is 13.5 Å². The molecule has 0 radical (unpaired) electrons. The van der Waals surface area contributed by atoms with Crippen LogP contribution in [0.25, 0.3) is 0 Å². The summed E-state index contributed by atoms with van der Waals surface area (Å²) in [5.41, 5.74) is 0.894. The summed E-state index contributed by atoms with van der Waals surface area (Å²) in [5.74, 6) is -0.175. The summed E-state index contributed by atoms with van der Waals surface area (Å²) in [7, 11) is -3.10. The van der Waals surface area contributed by atoms with Crippen LogP contribution in [0.5, 0.6) is 0 Å². The van der Waals surface area contributed by atoms with E-state index in [0.717, 1.165) is 5.56 Å². The van der Waals surface area contributed by atoms with E-state index in [4.69, 9.17) is 11.6 Å². The van der Waals surface area contributed by atoms with E-state index >= 15 is 0 Å². The summed E-state index contributed by atoms with van der Waals surface area (Å²) in [5, 5.41) is 13.3. The molecule has 0 bridgehead atoms. The Morgan fingerprint density at radius 2 is 2.06 bits per heavy atom. The monoisotopic (exact) mass is 275 g/mol. The molecule has 0 spiro atoms. The SMILES string of the molecule is O=S1(=O)C[C@H](O)[C@H](NCc2ccccc2Cl)C1. The van der Waals surface area contributed by atoms with Gasteiger partial charge in [-0.1, -0.05) is 29.8 Å². The van der Waals surface area contributed by atoms with Crippen molar-refractivity contribution in [2.45, 2.75) is 18.7 Å². The zero-order valence-corrected chi connectivity index (χ0v) is 10.7.